The number of aromatic nitrogens is 1. The highest BCUT2D eigenvalue weighted by Crippen LogP contribution is 2.25. The van der Waals surface area contributed by atoms with E-state index >= 15 is 0 Å². The summed E-state index contributed by atoms with van der Waals surface area (Å²) >= 11 is 3.40. The molecule has 0 saturated heterocycles. The number of oxazole rings is 1. The fourth-order valence-corrected chi connectivity index (χ4v) is 2.93. The molecule has 1 unspecified atom stereocenters. The van der Waals surface area contributed by atoms with Gasteiger partial charge in [0.2, 0.25) is 5.89 Å². The molecule has 1 N–H and O–H groups in total. The van der Waals surface area contributed by atoms with Gasteiger partial charge >= 0.3 is 0 Å². The minimum Gasteiger partial charge on any atom is -0.444 e. The first-order chi connectivity index (χ1) is 8.29. The van der Waals surface area contributed by atoms with E-state index in [2.05, 4.69) is 4.98 Å². The van der Waals surface area contributed by atoms with Crippen molar-refractivity contribution in [1.29, 1.82) is 0 Å². The average molecular weight is 269 g/mol. The Morgan fingerprint density at radius 1 is 1.59 bits per heavy atom. The van der Waals surface area contributed by atoms with Crippen molar-refractivity contribution in [3.63, 3.8) is 0 Å². The van der Waals surface area contributed by atoms with Crippen LogP contribution in [0, 0.1) is 5.92 Å². The number of hydrogen-bond donors (Lipinski definition) is 1. The van der Waals surface area contributed by atoms with E-state index in [1.165, 1.54) is 0 Å². The minimum atomic E-state index is 0.242. The third kappa shape index (κ3) is 3.59. The molecule has 0 aromatic carbocycles. The molecule has 2 aromatic rings. The van der Waals surface area contributed by atoms with Gasteiger partial charge in [-0.05, 0) is 23.1 Å². The van der Waals surface area contributed by atoms with E-state index in [1.807, 2.05) is 24.4 Å². The molecule has 2 rings (SSSR count). The van der Waals surface area contributed by atoms with Crippen LogP contribution >= 0.6 is 23.1 Å². The number of aliphatic hydroxyl groups excluding tert-OH is 1. The third-order valence-electron chi connectivity index (χ3n) is 2.25. The summed E-state index contributed by atoms with van der Waals surface area (Å²) in [7, 11) is 0. The van der Waals surface area contributed by atoms with Crippen molar-refractivity contribution < 1.29 is 9.52 Å². The van der Waals surface area contributed by atoms with Crippen molar-refractivity contribution in [2.24, 2.45) is 5.92 Å². The monoisotopic (exact) mass is 269 g/mol. The van der Waals surface area contributed by atoms with Crippen LogP contribution in [0.25, 0.3) is 10.8 Å². The molecule has 0 aliphatic heterocycles. The Morgan fingerprint density at radius 3 is 3.18 bits per heavy atom. The molecule has 0 bridgehead atoms. The fraction of sp³-hybridized carbons (Fsp3) is 0.417. The van der Waals surface area contributed by atoms with Crippen LogP contribution in [0.15, 0.2) is 28.2 Å². The quantitative estimate of drug-likeness (QED) is 0.874. The molecule has 1 atom stereocenters. The third-order valence-corrected chi connectivity index (χ3v) is 4.41. The summed E-state index contributed by atoms with van der Waals surface area (Å²) in [5.41, 5.74) is 0.962. The highest BCUT2D eigenvalue weighted by Gasteiger charge is 2.08. The SMILES string of the molecule is CC(CO)CSCc1coc(-c2cccs2)n1. The van der Waals surface area contributed by atoms with E-state index in [0.717, 1.165) is 22.1 Å². The number of rotatable bonds is 6. The van der Waals surface area contributed by atoms with E-state index in [0.29, 0.717) is 11.8 Å². The predicted octanol–water partition coefficient (Wildman–Crippen LogP) is 3.26. The molecule has 2 heterocycles. The molecule has 0 fully saturated rings. The highest BCUT2D eigenvalue weighted by atomic mass is 32.2. The summed E-state index contributed by atoms with van der Waals surface area (Å²) in [4.78, 5) is 5.50. The molecule has 0 aliphatic rings. The summed E-state index contributed by atoms with van der Waals surface area (Å²) in [6, 6.07) is 3.99. The van der Waals surface area contributed by atoms with Crippen molar-refractivity contribution in [2.75, 3.05) is 12.4 Å². The van der Waals surface area contributed by atoms with Crippen molar-refractivity contribution in [3.8, 4) is 10.8 Å². The Labute approximate surface area is 109 Å². The lowest BCUT2D eigenvalue weighted by Crippen LogP contribution is -2.03. The first-order valence-corrected chi connectivity index (χ1v) is 7.50. The molecular weight excluding hydrogens is 254 g/mol. The largest absolute Gasteiger partial charge is 0.444 e. The number of nitrogens with zero attached hydrogens (tertiary/aromatic N) is 1. The van der Waals surface area contributed by atoms with Gasteiger partial charge in [0, 0.05) is 12.4 Å². The van der Waals surface area contributed by atoms with Gasteiger partial charge in [0.25, 0.3) is 0 Å². The van der Waals surface area contributed by atoms with E-state index < -0.39 is 0 Å². The molecule has 0 saturated carbocycles. The van der Waals surface area contributed by atoms with Crippen LogP contribution in [0.5, 0.6) is 0 Å². The molecule has 17 heavy (non-hydrogen) atoms. The predicted molar refractivity (Wildman–Crippen MR) is 72.2 cm³/mol. The number of hydrogen-bond acceptors (Lipinski definition) is 5. The maximum atomic E-state index is 8.91. The molecule has 0 spiro atoms. The maximum Gasteiger partial charge on any atom is 0.236 e. The number of thiophene rings is 1. The zero-order valence-electron chi connectivity index (χ0n) is 9.63. The zero-order valence-corrected chi connectivity index (χ0v) is 11.3. The van der Waals surface area contributed by atoms with Crippen molar-refractivity contribution in [2.45, 2.75) is 12.7 Å². The summed E-state index contributed by atoms with van der Waals surface area (Å²) in [6.45, 7) is 2.28. The molecule has 2 aromatic heterocycles. The Bertz CT molecular complexity index is 439. The van der Waals surface area contributed by atoms with Gasteiger partial charge in [-0.1, -0.05) is 13.0 Å². The van der Waals surface area contributed by atoms with Crippen LogP contribution in [0.2, 0.25) is 0 Å². The molecule has 0 amide bonds. The second kappa shape index (κ2) is 6.23. The van der Waals surface area contributed by atoms with Crippen LogP contribution in [-0.4, -0.2) is 22.5 Å². The first kappa shape index (κ1) is 12.7. The second-order valence-electron chi connectivity index (χ2n) is 3.92. The van der Waals surface area contributed by atoms with Crippen LogP contribution in [0.3, 0.4) is 0 Å². The minimum absolute atomic E-state index is 0.242. The summed E-state index contributed by atoms with van der Waals surface area (Å²) in [5.74, 6) is 2.81. The highest BCUT2D eigenvalue weighted by molar-refractivity contribution is 7.98. The lowest BCUT2D eigenvalue weighted by Gasteiger charge is -2.04. The van der Waals surface area contributed by atoms with Gasteiger partial charge in [-0.3, -0.25) is 0 Å². The van der Waals surface area contributed by atoms with Gasteiger partial charge < -0.3 is 9.52 Å². The molecule has 0 aliphatic carbocycles. The van der Waals surface area contributed by atoms with Gasteiger partial charge in [0.15, 0.2) is 0 Å². The maximum absolute atomic E-state index is 8.91. The van der Waals surface area contributed by atoms with Gasteiger partial charge in [-0.15, -0.1) is 11.3 Å². The van der Waals surface area contributed by atoms with Crippen molar-refractivity contribution in [3.05, 3.63) is 29.5 Å². The van der Waals surface area contributed by atoms with Gasteiger partial charge in [-0.2, -0.15) is 11.8 Å². The number of thioether (sulfide) groups is 1. The summed E-state index contributed by atoms with van der Waals surface area (Å²) in [6.07, 6.45) is 1.71. The van der Waals surface area contributed by atoms with E-state index in [4.69, 9.17) is 9.52 Å². The van der Waals surface area contributed by atoms with Crippen LogP contribution in [-0.2, 0) is 5.75 Å². The molecule has 92 valence electrons. The van der Waals surface area contributed by atoms with Crippen LogP contribution in [0.1, 0.15) is 12.6 Å². The Hall–Kier alpha value is -0.780. The zero-order chi connectivity index (χ0) is 12.1. The van der Waals surface area contributed by atoms with E-state index in [-0.39, 0.29) is 6.61 Å². The lowest BCUT2D eigenvalue weighted by atomic mass is 10.2. The smallest absolute Gasteiger partial charge is 0.236 e. The van der Waals surface area contributed by atoms with E-state index in [1.54, 1.807) is 29.4 Å². The Morgan fingerprint density at radius 2 is 2.47 bits per heavy atom. The first-order valence-electron chi connectivity index (χ1n) is 5.46. The van der Waals surface area contributed by atoms with Crippen LogP contribution in [0.4, 0.5) is 0 Å². The fourth-order valence-electron chi connectivity index (χ4n) is 1.30. The molecule has 5 heteroatoms. The summed E-state index contributed by atoms with van der Waals surface area (Å²) in [5, 5.41) is 10.9. The average Bonchev–Trinajstić information content (AvgIpc) is 2.98. The Balaban J connectivity index is 1.87. The van der Waals surface area contributed by atoms with Gasteiger partial charge in [0.05, 0.1) is 10.6 Å². The van der Waals surface area contributed by atoms with Gasteiger partial charge in [0.1, 0.15) is 6.26 Å². The van der Waals surface area contributed by atoms with Gasteiger partial charge in [-0.25, -0.2) is 4.98 Å². The Kier molecular flexibility index (Phi) is 4.65. The lowest BCUT2D eigenvalue weighted by molar-refractivity contribution is 0.250. The van der Waals surface area contributed by atoms with Crippen LogP contribution < -0.4 is 0 Å². The normalized spacial score (nSPS) is 12.8. The topological polar surface area (TPSA) is 46.3 Å². The molecular formula is C12H15NO2S2. The molecule has 3 nitrogen and oxygen atoms in total. The standard InChI is InChI=1S/C12H15NO2S2/c1-9(5-14)7-16-8-10-6-15-12(13-10)11-3-2-4-17-11/h2-4,6,9,14H,5,7-8H2,1H3. The molecule has 0 radical (unpaired) electrons. The summed E-state index contributed by atoms with van der Waals surface area (Å²) < 4.78 is 5.43. The second-order valence-corrected chi connectivity index (χ2v) is 5.90. The number of aliphatic hydroxyl groups is 1. The van der Waals surface area contributed by atoms with Crippen molar-refractivity contribution in [1.82, 2.24) is 4.98 Å². The van der Waals surface area contributed by atoms with Crippen molar-refractivity contribution >= 4 is 23.1 Å². The van der Waals surface area contributed by atoms with E-state index in [9.17, 15) is 0 Å².